The van der Waals surface area contributed by atoms with E-state index in [4.69, 9.17) is 9.84 Å². The second kappa shape index (κ2) is 10.6. The molecule has 7 heteroatoms. The molecular formula is C28H30N2O5. The van der Waals surface area contributed by atoms with Crippen LogP contribution in [0, 0.1) is 0 Å². The number of amides is 2. The summed E-state index contributed by atoms with van der Waals surface area (Å²) in [5.74, 6) is -1.40. The third-order valence-corrected chi connectivity index (χ3v) is 6.45. The average Bonchev–Trinajstić information content (AvgIpc) is 3.43. The highest BCUT2D eigenvalue weighted by molar-refractivity contribution is 5.89. The third-order valence-electron chi connectivity index (χ3n) is 6.45. The Morgan fingerprint density at radius 3 is 2.26 bits per heavy atom. The van der Waals surface area contributed by atoms with Gasteiger partial charge in [0, 0.05) is 17.5 Å². The molecule has 0 saturated heterocycles. The van der Waals surface area contributed by atoms with Crippen LogP contribution < -0.4 is 10.6 Å². The number of carbonyl (C=O) groups is 3. The number of carboxylic acid groups (broad SMARTS) is 1. The summed E-state index contributed by atoms with van der Waals surface area (Å²) in [5.41, 5.74) is 5.83. The van der Waals surface area contributed by atoms with E-state index in [1.54, 1.807) is 6.08 Å². The standard InChI is InChI=1S/C28H30N2O5/c1-17(2)11-14-25(26(31)29-19-13-12-18(15-19)27(32)33)30-28(34)35-16-24-22-9-5-3-7-20(22)21-8-4-6-10-23(21)24/h3-12,19,24-25H,13-16H2,1-2H3,(H,29,31)(H,30,34)(H,32,33). The molecule has 4 rings (SSSR count). The van der Waals surface area contributed by atoms with Crippen molar-refractivity contribution in [2.24, 2.45) is 0 Å². The van der Waals surface area contributed by atoms with E-state index in [1.807, 2.05) is 56.3 Å². The van der Waals surface area contributed by atoms with Gasteiger partial charge < -0.3 is 20.5 Å². The SMILES string of the molecule is CC(C)=CCC(NC(=O)OCC1c2ccccc2-c2ccccc21)C(=O)NC1CC=C(C(=O)O)C1. The summed E-state index contributed by atoms with van der Waals surface area (Å²) in [6.07, 6.45) is 3.87. The summed E-state index contributed by atoms with van der Waals surface area (Å²) >= 11 is 0. The maximum Gasteiger partial charge on any atom is 0.407 e. The van der Waals surface area contributed by atoms with Crippen LogP contribution in [0.5, 0.6) is 0 Å². The Hall–Kier alpha value is -3.87. The van der Waals surface area contributed by atoms with Gasteiger partial charge in [0.25, 0.3) is 0 Å². The van der Waals surface area contributed by atoms with Crippen molar-refractivity contribution in [1.29, 1.82) is 0 Å². The molecule has 0 aliphatic heterocycles. The van der Waals surface area contributed by atoms with Gasteiger partial charge in [-0.2, -0.15) is 0 Å². The molecule has 2 aromatic rings. The number of ether oxygens (including phenoxy) is 1. The molecule has 2 aliphatic rings. The van der Waals surface area contributed by atoms with E-state index in [-0.39, 0.29) is 30.9 Å². The molecular weight excluding hydrogens is 444 g/mol. The lowest BCUT2D eigenvalue weighted by molar-refractivity contribution is -0.133. The van der Waals surface area contributed by atoms with Crippen LogP contribution in [-0.4, -0.2) is 41.8 Å². The third kappa shape index (κ3) is 5.62. The van der Waals surface area contributed by atoms with Crippen molar-refractivity contribution in [2.45, 2.75) is 51.1 Å². The molecule has 0 aromatic heterocycles. The number of nitrogens with one attached hydrogen (secondary N) is 2. The summed E-state index contributed by atoms with van der Waals surface area (Å²) in [6.45, 7) is 4.00. The Morgan fingerprint density at radius 1 is 1.06 bits per heavy atom. The van der Waals surface area contributed by atoms with Gasteiger partial charge in [-0.05, 0) is 55.4 Å². The van der Waals surface area contributed by atoms with E-state index in [0.29, 0.717) is 18.4 Å². The maximum absolute atomic E-state index is 12.9. The largest absolute Gasteiger partial charge is 0.478 e. The van der Waals surface area contributed by atoms with Gasteiger partial charge in [0.05, 0.1) is 0 Å². The van der Waals surface area contributed by atoms with E-state index in [2.05, 4.69) is 22.8 Å². The van der Waals surface area contributed by atoms with Crippen molar-refractivity contribution in [2.75, 3.05) is 6.61 Å². The molecule has 2 amide bonds. The van der Waals surface area contributed by atoms with Crippen molar-refractivity contribution < 1.29 is 24.2 Å². The summed E-state index contributed by atoms with van der Waals surface area (Å²) in [6, 6.07) is 15.1. The molecule has 0 radical (unpaired) electrons. The molecule has 182 valence electrons. The van der Waals surface area contributed by atoms with Gasteiger partial charge in [-0.3, -0.25) is 4.79 Å². The fraction of sp³-hybridized carbons (Fsp3) is 0.321. The highest BCUT2D eigenvalue weighted by Crippen LogP contribution is 2.44. The number of aliphatic carboxylic acids is 1. The second-order valence-electron chi connectivity index (χ2n) is 9.22. The predicted octanol–water partition coefficient (Wildman–Crippen LogP) is 4.54. The highest BCUT2D eigenvalue weighted by Gasteiger charge is 2.30. The number of fused-ring (bicyclic) bond motifs is 3. The summed E-state index contributed by atoms with van der Waals surface area (Å²) in [4.78, 5) is 36.8. The minimum atomic E-state index is -0.973. The lowest BCUT2D eigenvalue weighted by Gasteiger charge is -2.21. The van der Waals surface area contributed by atoms with Crippen molar-refractivity contribution in [3.63, 3.8) is 0 Å². The van der Waals surface area contributed by atoms with Gasteiger partial charge in [-0.15, -0.1) is 0 Å². The normalized spacial score (nSPS) is 17.0. The van der Waals surface area contributed by atoms with E-state index >= 15 is 0 Å². The lowest BCUT2D eigenvalue weighted by atomic mass is 9.98. The Labute approximate surface area is 204 Å². The van der Waals surface area contributed by atoms with Gasteiger partial charge in [-0.1, -0.05) is 66.3 Å². The van der Waals surface area contributed by atoms with Gasteiger partial charge in [-0.25, -0.2) is 9.59 Å². The van der Waals surface area contributed by atoms with Crippen LogP contribution in [0.25, 0.3) is 11.1 Å². The molecule has 0 fully saturated rings. The maximum atomic E-state index is 12.9. The number of hydrogen-bond donors (Lipinski definition) is 3. The summed E-state index contributed by atoms with van der Waals surface area (Å²) in [7, 11) is 0. The Morgan fingerprint density at radius 2 is 1.69 bits per heavy atom. The molecule has 2 unspecified atom stereocenters. The monoisotopic (exact) mass is 474 g/mol. The van der Waals surface area contributed by atoms with Crippen LogP contribution in [0.4, 0.5) is 4.79 Å². The van der Waals surface area contributed by atoms with E-state index in [1.165, 1.54) is 0 Å². The zero-order valence-corrected chi connectivity index (χ0v) is 19.9. The number of rotatable bonds is 8. The zero-order valence-electron chi connectivity index (χ0n) is 19.9. The van der Waals surface area contributed by atoms with Crippen LogP contribution in [0.2, 0.25) is 0 Å². The topological polar surface area (TPSA) is 105 Å². The average molecular weight is 475 g/mol. The molecule has 0 bridgehead atoms. The zero-order chi connectivity index (χ0) is 24.9. The van der Waals surface area contributed by atoms with Gasteiger partial charge >= 0.3 is 12.1 Å². The van der Waals surface area contributed by atoms with E-state index in [0.717, 1.165) is 27.8 Å². The van der Waals surface area contributed by atoms with Gasteiger partial charge in [0.2, 0.25) is 5.91 Å². The summed E-state index contributed by atoms with van der Waals surface area (Å²) in [5, 5.41) is 14.7. The second-order valence-corrected chi connectivity index (χ2v) is 9.22. The molecule has 0 heterocycles. The molecule has 2 atom stereocenters. The van der Waals surface area contributed by atoms with Gasteiger partial charge in [0.15, 0.2) is 0 Å². The van der Waals surface area contributed by atoms with Crippen molar-refractivity contribution in [3.8, 4) is 11.1 Å². The smallest absolute Gasteiger partial charge is 0.407 e. The number of allylic oxidation sites excluding steroid dienone is 1. The Bertz CT molecular complexity index is 1150. The fourth-order valence-electron chi connectivity index (χ4n) is 4.67. The first-order valence-electron chi connectivity index (χ1n) is 11.8. The fourth-order valence-corrected chi connectivity index (χ4v) is 4.67. The van der Waals surface area contributed by atoms with Crippen LogP contribution in [0.3, 0.4) is 0 Å². The molecule has 7 nitrogen and oxygen atoms in total. The molecule has 0 saturated carbocycles. The van der Waals surface area contributed by atoms with Crippen molar-refractivity contribution in [1.82, 2.24) is 10.6 Å². The van der Waals surface area contributed by atoms with Crippen molar-refractivity contribution >= 4 is 18.0 Å². The molecule has 35 heavy (non-hydrogen) atoms. The van der Waals surface area contributed by atoms with Crippen LogP contribution in [-0.2, 0) is 14.3 Å². The first kappa shape index (κ1) is 24.3. The Kier molecular flexibility index (Phi) is 7.34. The molecule has 0 spiro atoms. The number of carboxylic acids is 1. The number of carbonyl (C=O) groups excluding carboxylic acids is 2. The van der Waals surface area contributed by atoms with Crippen LogP contribution >= 0.6 is 0 Å². The minimum absolute atomic E-state index is 0.0720. The molecule has 2 aliphatic carbocycles. The van der Waals surface area contributed by atoms with Crippen molar-refractivity contribution in [3.05, 3.63) is 83.0 Å². The van der Waals surface area contributed by atoms with Crippen LogP contribution in [0.15, 0.2) is 71.8 Å². The molecule has 2 aromatic carbocycles. The van der Waals surface area contributed by atoms with Gasteiger partial charge in [0.1, 0.15) is 12.6 Å². The van der Waals surface area contributed by atoms with E-state index < -0.39 is 18.1 Å². The Balaban J connectivity index is 1.39. The molecule has 3 N–H and O–H groups in total. The van der Waals surface area contributed by atoms with Crippen LogP contribution in [0.1, 0.15) is 50.2 Å². The minimum Gasteiger partial charge on any atom is -0.478 e. The quantitative estimate of drug-likeness (QED) is 0.487. The first-order valence-corrected chi connectivity index (χ1v) is 11.8. The number of alkyl carbamates (subject to hydrolysis) is 1. The predicted molar refractivity (Wildman–Crippen MR) is 133 cm³/mol. The first-order chi connectivity index (χ1) is 16.8. The highest BCUT2D eigenvalue weighted by atomic mass is 16.5. The number of hydrogen-bond acceptors (Lipinski definition) is 4. The number of benzene rings is 2. The summed E-state index contributed by atoms with van der Waals surface area (Å²) < 4.78 is 5.61. The lowest BCUT2D eigenvalue weighted by Crippen LogP contribution is -2.49. The van der Waals surface area contributed by atoms with E-state index in [9.17, 15) is 14.4 Å².